The number of ether oxygens (including phenoxy) is 3. The summed E-state index contributed by atoms with van der Waals surface area (Å²) in [6.07, 6.45) is 0. The van der Waals surface area contributed by atoms with Crippen LogP contribution in [0.2, 0.25) is 0 Å². The number of urea groups is 1. The van der Waals surface area contributed by atoms with Gasteiger partial charge in [-0.2, -0.15) is 0 Å². The molecule has 0 spiro atoms. The highest BCUT2D eigenvalue weighted by molar-refractivity contribution is 9.09. The first-order valence-electron chi connectivity index (χ1n) is 7.07. The summed E-state index contributed by atoms with van der Waals surface area (Å²) >= 11 is 3.30. The summed E-state index contributed by atoms with van der Waals surface area (Å²) in [5.41, 5.74) is 1.56. The minimum Gasteiger partial charge on any atom is -0.463 e. The number of nitrogens with one attached hydrogen (secondary N) is 2. The van der Waals surface area contributed by atoms with Crippen molar-refractivity contribution in [3.63, 3.8) is 0 Å². The van der Waals surface area contributed by atoms with Crippen molar-refractivity contribution in [1.29, 1.82) is 0 Å². The molecule has 1 aromatic rings. The maximum absolute atomic E-state index is 12.3. The fourth-order valence-electron chi connectivity index (χ4n) is 2.52. The van der Waals surface area contributed by atoms with E-state index in [4.69, 9.17) is 14.2 Å². The smallest absolute Gasteiger partial charge is 0.338 e. The van der Waals surface area contributed by atoms with Gasteiger partial charge in [0.2, 0.25) is 6.79 Å². The van der Waals surface area contributed by atoms with Gasteiger partial charge in [0.05, 0.1) is 18.2 Å². The molecule has 2 aliphatic heterocycles. The Morgan fingerprint density at radius 1 is 1.39 bits per heavy atom. The Bertz CT molecular complexity index is 688. The monoisotopic (exact) mass is 382 g/mol. The molecule has 0 saturated heterocycles. The number of hydrogen-bond acceptors (Lipinski definition) is 5. The molecule has 3 rings (SSSR count). The number of carbonyl (C=O) groups excluding carboxylic acids is 2. The lowest BCUT2D eigenvalue weighted by molar-refractivity contribution is -0.139. The summed E-state index contributed by atoms with van der Waals surface area (Å²) in [5, 5.41) is 5.71. The third kappa shape index (κ3) is 2.98. The van der Waals surface area contributed by atoms with Gasteiger partial charge >= 0.3 is 12.0 Å². The quantitative estimate of drug-likeness (QED) is 0.614. The van der Waals surface area contributed by atoms with Gasteiger partial charge < -0.3 is 24.8 Å². The van der Waals surface area contributed by atoms with Crippen molar-refractivity contribution in [3.05, 3.63) is 35.0 Å². The average Bonchev–Trinajstić information content (AvgIpc) is 3.01. The van der Waals surface area contributed by atoms with Crippen LogP contribution in [0.15, 0.2) is 29.5 Å². The van der Waals surface area contributed by atoms with Crippen molar-refractivity contribution in [2.45, 2.75) is 13.0 Å². The van der Waals surface area contributed by atoms with Crippen LogP contribution in [0.1, 0.15) is 18.5 Å². The maximum Gasteiger partial charge on any atom is 0.338 e. The topological polar surface area (TPSA) is 85.9 Å². The van der Waals surface area contributed by atoms with Crippen molar-refractivity contribution in [2.75, 3.05) is 18.7 Å². The fourth-order valence-corrected chi connectivity index (χ4v) is 2.96. The second kappa shape index (κ2) is 6.49. The molecule has 0 radical (unpaired) electrons. The molecule has 7 nitrogen and oxygen atoms in total. The molecular weight excluding hydrogens is 368 g/mol. The predicted octanol–water partition coefficient (Wildman–Crippen LogP) is 1.98. The van der Waals surface area contributed by atoms with E-state index in [-0.39, 0.29) is 19.4 Å². The van der Waals surface area contributed by atoms with Crippen LogP contribution < -0.4 is 20.1 Å². The summed E-state index contributed by atoms with van der Waals surface area (Å²) in [7, 11) is 0. The Morgan fingerprint density at radius 2 is 2.17 bits per heavy atom. The summed E-state index contributed by atoms with van der Waals surface area (Å²) < 4.78 is 15.8. The van der Waals surface area contributed by atoms with Crippen molar-refractivity contribution >= 4 is 27.9 Å². The highest BCUT2D eigenvalue weighted by Crippen LogP contribution is 2.37. The minimum absolute atomic E-state index is 0.157. The van der Waals surface area contributed by atoms with Crippen molar-refractivity contribution < 1.29 is 23.8 Å². The van der Waals surface area contributed by atoms with E-state index in [9.17, 15) is 9.59 Å². The van der Waals surface area contributed by atoms with E-state index in [1.165, 1.54) is 0 Å². The second-order valence-electron chi connectivity index (χ2n) is 4.89. The SMILES string of the molecule is CCOC(=O)C1=C(CBr)NC(=O)NC1c1ccc2c(c1)OCO2. The number of alkyl halides is 1. The summed E-state index contributed by atoms with van der Waals surface area (Å²) in [4.78, 5) is 24.2. The number of fused-ring (bicyclic) bond motifs is 1. The van der Waals surface area contributed by atoms with Gasteiger partial charge in [0.25, 0.3) is 0 Å². The van der Waals surface area contributed by atoms with Gasteiger partial charge in [0, 0.05) is 11.0 Å². The molecule has 2 N–H and O–H groups in total. The van der Waals surface area contributed by atoms with Crippen molar-refractivity contribution in [2.24, 2.45) is 0 Å². The van der Waals surface area contributed by atoms with Crippen LogP contribution in [0.25, 0.3) is 0 Å². The Balaban J connectivity index is 2.03. The maximum atomic E-state index is 12.3. The Hall–Kier alpha value is -2.22. The Labute approximate surface area is 141 Å². The van der Waals surface area contributed by atoms with Gasteiger partial charge in [-0.15, -0.1) is 0 Å². The van der Waals surface area contributed by atoms with Crippen LogP contribution in [-0.2, 0) is 9.53 Å². The zero-order valence-corrected chi connectivity index (χ0v) is 13.9. The molecule has 23 heavy (non-hydrogen) atoms. The van der Waals surface area contributed by atoms with Crippen LogP contribution in [0.3, 0.4) is 0 Å². The molecule has 0 bridgehead atoms. The van der Waals surface area contributed by atoms with Crippen molar-refractivity contribution in [3.8, 4) is 11.5 Å². The van der Waals surface area contributed by atoms with E-state index in [0.717, 1.165) is 0 Å². The van der Waals surface area contributed by atoms with Crippen LogP contribution in [0, 0.1) is 0 Å². The molecular formula is C15H15BrN2O5. The van der Waals surface area contributed by atoms with Gasteiger partial charge in [-0.25, -0.2) is 9.59 Å². The molecule has 122 valence electrons. The lowest BCUT2D eigenvalue weighted by atomic mass is 9.95. The average molecular weight is 383 g/mol. The summed E-state index contributed by atoms with van der Waals surface area (Å²) in [6, 6.07) is 4.29. The molecule has 8 heteroatoms. The van der Waals surface area contributed by atoms with E-state index in [1.807, 2.05) is 0 Å². The number of rotatable bonds is 4. The molecule has 0 aliphatic carbocycles. The number of carbonyl (C=O) groups is 2. The Kier molecular flexibility index (Phi) is 4.42. The number of halogens is 1. The van der Waals surface area contributed by atoms with Crippen LogP contribution >= 0.6 is 15.9 Å². The molecule has 0 saturated carbocycles. The van der Waals surface area contributed by atoms with Gasteiger partial charge in [-0.05, 0) is 24.6 Å². The van der Waals surface area contributed by atoms with Gasteiger partial charge in [0.15, 0.2) is 11.5 Å². The largest absolute Gasteiger partial charge is 0.463 e. The van der Waals surface area contributed by atoms with Gasteiger partial charge in [-0.3, -0.25) is 0 Å². The van der Waals surface area contributed by atoms with Crippen LogP contribution in [0.5, 0.6) is 11.5 Å². The molecule has 1 atom stereocenters. The zero-order chi connectivity index (χ0) is 16.4. The third-order valence-corrected chi connectivity index (χ3v) is 4.07. The normalized spacial score (nSPS) is 19.2. The van der Waals surface area contributed by atoms with E-state index in [1.54, 1.807) is 25.1 Å². The highest BCUT2D eigenvalue weighted by Gasteiger charge is 2.34. The molecule has 0 fully saturated rings. The molecule has 2 aliphatic rings. The molecule has 0 aromatic heterocycles. The van der Waals surface area contributed by atoms with E-state index >= 15 is 0 Å². The predicted molar refractivity (Wildman–Crippen MR) is 84.4 cm³/mol. The first-order chi connectivity index (χ1) is 11.1. The minimum atomic E-state index is -0.621. The lowest BCUT2D eigenvalue weighted by Crippen LogP contribution is -2.46. The van der Waals surface area contributed by atoms with Crippen LogP contribution in [-0.4, -0.2) is 30.7 Å². The summed E-state index contributed by atoms with van der Waals surface area (Å²) in [6.45, 7) is 2.14. The number of esters is 1. The number of hydrogen-bond donors (Lipinski definition) is 2. The fraction of sp³-hybridized carbons (Fsp3) is 0.333. The standard InChI is InChI=1S/C15H15BrN2O5/c1-2-21-14(19)12-9(6-16)17-15(20)18-13(12)8-3-4-10-11(5-8)23-7-22-10/h3-5,13H,2,6-7H2,1H3,(H2,17,18,20). The van der Waals surface area contributed by atoms with Crippen molar-refractivity contribution in [1.82, 2.24) is 10.6 Å². The van der Waals surface area contributed by atoms with Gasteiger partial charge in [-0.1, -0.05) is 22.0 Å². The molecule has 2 amide bonds. The first kappa shape index (κ1) is 15.7. The third-order valence-electron chi connectivity index (χ3n) is 3.51. The number of amides is 2. The number of benzene rings is 1. The second-order valence-corrected chi connectivity index (χ2v) is 5.45. The number of allylic oxidation sites excluding steroid dienone is 1. The van der Waals surface area contributed by atoms with Crippen LogP contribution in [0.4, 0.5) is 4.79 Å². The zero-order valence-electron chi connectivity index (χ0n) is 12.3. The molecule has 1 unspecified atom stereocenters. The van der Waals surface area contributed by atoms with E-state index in [2.05, 4.69) is 26.6 Å². The highest BCUT2D eigenvalue weighted by atomic mass is 79.9. The van der Waals surface area contributed by atoms with Gasteiger partial charge in [0.1, 0.15) is 0 Å². The lowest BCUT2D eigenvalue weighted by Gasteiger charge is -2.28. The van der Waals surface area contributed by atoms with E-state index < -0.39 is 12.0 Å². The summed E-state index contributed by atoms with van der Waals surface area (Å²) in [5.74, 6) is 0.743. The molecule has 2 heterocycles. The Morgan fingerprint density at radius 3 is 2.91 bits per heavy atom. The molecule has 1 aromatic carbocycles. The first-order valence-corrected chi connectivity index (χ1v) is 8.19. The van der Waals surface area contributed by atoms with E-state index in [0.29, 0.717) is 33.7 Å².